The molecule has 114 valence electrons. The van der Waals surface area contributed by atoms with Crippen molar-refractivity contribution in [2.24, 2.45) is 0 Å². The van der Waals surface area contributed by atoms with Gasteiger partial charge in [0.05, 0.1) is 0 Å². The summed E-state index contributed by atoms with van der Waals surface area (Å²) in [5.41, 5.74) is 0.215. The first kappa shape index (κ1) is 15.9. The topological polar surface area (TPSA) is 37.8 Å². The van der Waals surface area contributed by atoms with Crippen LogP contribution in [0.4, 0.5) is 0 Å². The van der Waals surface area contributed by atoms with Crippen LogP contribution in [0.5, 0.6) is 0 Å². The molecule has 1 aromatic rings. The average molecular weight is 295 g/mol. The fourth-order valence-electron chi connectivity index (χ4n) is 2.76. The molecule has 0 atom stereocenters. The molecule has 1 heterocycles. The van der Waals surface area contributed by atoms with Crippen LogP contribution >= 0.6 is 11.3 Å². The van der Waals surface area contributed by atoms with Crippen molar-refractivity contribution >= 4 is 11.3 Å². The lowest BCUT2D eigenvalue weighted by Gasteiger charge is -2.20. The maximum Gasteiger partial charge on any atom is 0.120 e. The maximum atomic E-state index is 4.46. The van der Waals surface area contributed by atoms with E-state index < -0.39 is 0 Å². The summed E-state index contributed by atoms with van der Waals surface area (Å²) in [6.45, 7) is 7.69. The zero-order valence-electron chi connectivity index (χ0n) is 13.2. The van der Waals surface area contributed by atoms with E-state index in [2.05, 4.69) is 36.3 Å². The molecule has 1 N–H and O–H groups in total. The number of aryl methyl sites for hydroxylation is 1. The summed E-state index contributed by atoms with van der Waals surface area (Å²) in [5.74, 6) is 0.691. The first-order valence-corrected chi connectivity index (χ1v) is 8.93. The van der Waals surface area contributed by atoms with Crippen molar-refractivity contribution in [2.45, 2.75) is 83.6 Å². The second-order valence-electron chi connectivity index (χ2n) is 7.00. The number of aromatic nitrogens is 2. The molecule has 1 aromatic heterocycles. The molecule has 1 aliphatic rings. The van der Waals surface area contributed by atoms with Crippen LogP contribution in [0.25, 0.3) is 0 Å². The third kappa shape index (κ3) is 5.49. The Labute approximate surface area is 127 Å². The zero-order valence-corrected chi connectivity index (χ0v) is 14.1. The molecule has 0 aliphatic heterocycles. The van der Waals surface area contributed by atoms with E-state index in [0.29, 0.717) is 5.92 Å². The fraction of sp³-hybridized carbons (Fsp3) is 0.875. The molecule has 1 saturated carbocycles. The lowest BCUT2D eigenvalue weighted by atomic mass is 10.0. The van der Waals surface area contributed by atoms with Crippen molar-refractivity contribution in [1.29, 1.82) is 0 Å². The summed E-state index contributed by atoms with van der Waals surface area (Å²) < 4.78 is 0. The molecule has 0 saturated heterocycles. The van der Waals surface area contributed by atoms with Gasteiger partial charge >= 0.3 is 0 Å². The Kier molecular flexibility index (Phi) is 5.97. The van der Waals surface area contributed by atoms with E-state index in [1.54, 1.807) is 0 Å². The first-order valence-electron chi connectivity index (χ1n) is 8.12. The third-order valence-corrected chi connectivity index (χ3v) is 5.06. The molecule has 1 aliphatic carbocycles. The summed E-state index contributed by atoms with van der Waals surface area (Å²) in [7, 11) is 0. The highest BCUT2D eigenvalue weighted by atomic mass is 32.1. The first-order chi connectivity index (χ1) is 9.54. The summed E-state index contributed by atoms with van der Waals surface area (Å²) in [6, 6.07) is 0. The van der Waals surface area contributed by atoms with Crippen molar-refractivity contribution in [1.82, 2.24) is 15.5 Å². The van der Waals surface area contributed by atoms with E-state index >= 15 is 0 Å². The van der Waals surface area contributed by atoms with Gasteiger partial charge in [-0.15, -0.1) is 21.5 Å². The number of hydrogen-bond acceptors (Lipinski definition) is 4. The number of nitrogens with zero attached hydrogens (tertiary/aromatic N) is 2. The van der Waals surface area contributed by atoms with Gasteiger partial charge in [0, 0.05) is 17.9 Å². The fourth-order valence-corrected chi connectivity index (χ4v) is 3.82. The molecule has 1 fully saturated rings. The largest absolute Gasteiger partial charge is 0.312 e. The minimum absolute atomic E-state index is 0.215. The predicted molar refractivity (Wildman–Crippen MR) is 86.4 cm³/mol. The van der Waals surface area contributed by atoms with Crippen LogP contribution in [0.1, 0.15) is 81.7 Å². The molecule has 3 nitrogen and oxygen atoms in total. The van der Waals surface area contributed by atoms with E-state index in [9.17, 15) is 0 Å². The molecular formula is C16H29N3S. The van der Waals surface area contributed by atoms with Crippen molar-refractivity contribution in [3.63, 3.8) is 0 Å². The van der Waals surface area contributed by atoms with E-state index in [1.165, 1.54) is 48.5 Å². The van der Waals surface area contributed by atoms with Crippen LogP contribution in [0.3, 0.4) is 0 Å². The van der Waals surface area contributed by atoms with Crippen LogP contribution < -0.4 is 5.32 Å². The maximum absolute atomic E-state index is 4.46. The lowest BCUT2D eigenvalue weighted by Crippen LogP contribution is -2.36. The molecule has 0 unspecified atom stereocenters. The van der Waals surface area contributed by atoms with Gasteiger partial charge in [-0.1, -0.05) is 25.7 Å². The molecule has 20 heavy (non-hydrogen) atoms. The Morgan fingerprint density at radius 2 is 1.80 bits per heavy atom. The second kappa shape index (κ2) is 7.51. The highest BCUT2D eigenvalue weighted by molar-refractivity contribution is 7.11. The third-order valence-electron chi connectivity index (χ3n) is 3.91. The minimum Gasteiger partial charge on any atom is -0.312 e. The minimum atomic E-state index is 0.215. The molecular weight excluding hydrogens is 266 g/mol. The second-order valence-corrected chi connectivity index (χ2v) is 8.10. The molecule has 0 spiro atoms. The molecule has 0 bridgehead atoms. The van der Waals surface area contributed by atoms with E-state index in [0.717, 1.165) is 19.4 Å². The lowest BCUT2D eigenvalue weighted by molar-refractivity contribution is 0.422. The van der Waals surface area contributed by atoms with Gasteiger partial charge in [0.1, 0.15) is 10.0 Å². The van der Waals surface area contributed by atoms with Gasteiger partial charge in [-0.3, -0.25) is 0 Å². The highest BCUT2D eigenvalue weighted by Crippen LogP contribution is 2.33. The van der Waals surface area contributed by atoms with Crippen molar-refractivity contribution in [2.75, 3.05) is 6.54 Å². The zero-order chi connectivity index (χ0) is 14.4. The Bertz CT molecular complexity index is 387. The van der Waals surface area contributed by atoms with Gasteiger partial charge in [-0.05, 0) is 46.6 Å². The van der Waals surface area contributed by atoms with E-state index in [1.807, 2.05) is 11.3 Å². The summed E-state index contributed by atoms with van der Waals surface area (Å²) in [5, 5.41) is 14.9. The Hall–Kier alpha value is -0.480. The van der Waals surface area contributed by atoms with Gasteiger partial charge in [0.2, 0.25) is 0 Å². The number of hydrogen-bond donors (Lipinski definition) is 1. The predicted octanol–water partition coefficient (Wildman–Crippen LogP) is 4.30. The highest BCUT2D eigenvalue weighted by Gasteiger charge is 2.18. The monoisotopic (exact) mass is 295 g/mol. The van der Waals surface area contributed by atoms with Crippen molar-refractivity contribution in [3.05, 3.63) is 10.0 Å². The van der Waals surface area contributed by atoms with Crippen molar-refractivity contribution < 1.29 is 0 Å². The standard InChI is InChI=1S/C16H29N3S/c1-16(2,3)17-12-8-11-14-18-19-15(20-14)13-9-6-4-5-7-10-13/h13,17H,4-12H2,1-3H3. The normalized spacial score (nSPS) is 18.1. The van der Waals surface area contributed by atoms with Gasteiger partial charge in [-0.2, -0.15) is 0 Å². The van der Waals surface area contributed by atoms with Gasteiger partial charge in [0.25, 0.3) is 0 Å². The van der Waals surface area contributed by atoms with Crippen LogP contribution in [0.15, 0.2) is 0 Å². The molecule has 0 aromatic carbocycles. The van der Waals surface area contributed by atoms with Gasteiger partial charge in [-0.25, -0.2) is 0 Å². The number of nitrogens with one attached hydrogen (secondary N) is 1. The smallest absolute Gasteiger partial charge is 0.120 e. The molecule has 0 amide bonds. The van der Waals surface area contributed by atoms with Crippen molar-refractivity contribution in [3.8, 4) is 0 Å². The van der Waals surface area contributed by atoms with Crippen LogP contribution in [0.2, 0.25) is 0 Å². The molecule has 0 radical (unpaired) electrons. The molecule has 4 heteroatoms. The summed E-state index contributed by atoms with van der Waals surface area (Å²) >= 11 is 1.86. The average Bonchev–Trinajstić information content (AvgIpc) is 2.67. The van der Waals surface area contributed by atoms with Gasteiger partial charge in [0.15, 0.2) is 0 Å². The van der Waals surface area contributed by atoms with Crippen LogP contribution in [-0.4, -0.2) is 22.3 Å². The number of rotatable bonds is 5. The summed E-state index contributed by atoms with van der Waals surface area (Å²) in [6.07, 6.45) is 10.4. The molecule has 2 rings (SSSR count). The van der Waals surface area contributed by atoms with E-state index in [4.69, 9.17) is 0 Å². The van der Waals surface area contributed by atoms with Crippen LogP contribution in [0, 0.1) is 0 Å². The Balaban J connectivity index is 1.77. The quantitative estimate of drug-likeness (QED) is 0.650. The summed E-state index contributed by atoms with van der Waals surface area (Å²) in [4.78, 5) is 0. The Morgan fingerprint density at radius 1 is 1.10 bits per heavy atom. The van der Waals surface area contributed by atoms with Crippen LogP contribution in [-0.2, 0) is 6.42 Å². The Morgan fingerprint density at radius 3 is 2.45 bits per heavy atom. The van der Waals surface area contributed by atoms with E-state index in [-0.39, 0.29) is 5.54 Å². The SMILES string of the molecule is CC(C)(C)NCCCc1nnc(C2CCCCCC2)s1. The van der Waals surface area contributed by atoms with Gasteiger partial charge < -0.3 is 5.32 Å².